The summed E-state index contributed by atoms with van der Waals surface area (Å²) in [5.74, 6) is 0.189. The first kappa shape index (κ1) is 14.1. The Labute approximate surface area is 119 Å². The summed E-state index contributed by atoms with van der Waals surface area (Å²) < 4.78 is 37.6. The van der Waals surface area contributed by atoms with Crippen LogP contribution in [0.15, 0.2) is 29.3 Å². The summed E-state index contributed by atoms with van der Waals surface area (Å²) in [4.78, 5) is 16.6. The summed E-state index contributed by atoms with van der Waals surface area (Å²) in [6.45, 7) is 1.41. The van der Waals surface area contributed by atoms with Crippen molar-refractivity contribution in [1.82, 2.24) is 10.6 Å². The largest absolute Gasteiger partial charge is 0.416 e. The van der Waals surface area contributed by atoms with E-state index in [1.54, 1.807) is 0 Å². The number of amides is 1. The second kappa shape index (κ2) is 4.84. The summed E-state index contributed by atoms with van der Waals surface area (Å²) in [6.07, 6.45) is -3.17. The van der Waals surface area contributed by atoms with Crippen LogP contribution in [0.3, 0.4) is 0 Å². The Bertz CT molecular complexity index is 586. The fraction of sp³-hybridized carbons (Fsp3) is 0.429. The summed E-state index contributed by atoms with van der Waals surface area (Å²) in [6, 6.07) is 4.67. The molecule has 0 saturated carbocycles. The maximum Gasteiger partial charge on any atom is 0.416 e. The molecule has 1 aromatic carbocycles. The zero-order valence-corrected chi connectivity index (χ0v) is 11.1. The van der Waals surface area contributed by atoms with Crippen LogP contribution in [0, 0.1) is 0 Å². The molecule has 2 aliphatic rings. The van der Waals surface area contributed by atoms with Gasteiger partial charge >= 0.3 is 6.18 Å². The van der Waals surface area contributed by atoms with E-state index in [9.17, 15) is 18.0 Å². The minimum absolute atomic E-state index is 0.168. The number of amidine groups is 1. The molecule has 2 heterocycles. The molecule has 1 spiro atoms. The third kappa shape index (κ3) is 2.53. The van der Waals surface area contributed by atoms with Crippen molar-refractivity contribution in [3.8, 4) is 0 Å². The first-order chi connectivity index (χ1) is 9.91. The maximum absolute atomic E-state index is 12.5. The van der Waals surface area contributed by atoms with Gasteiger partial charge in [-0.15, -0.1) is 0 Å². The highest BCUT2D eigenvalue weighted by Gasteiger charge is 2.44. The van der Waals surface area contributed by atoms with Gasteiger partial charge in [0.1, 0.15) is 11.4 Å². The van der Waals surface area contributed by atoms with Gasteiger partial charge in [-0.25, -0.2) is 0 Å². The van der Waals surface area contributed by atoms with Gasteiger partial charge in [0.05, 0.1) is 5.56 Å². The highest BCUT2D eigenvalue weighted by atomic mass is 19.4. The molecule has 0 aliphatic carbocycles. The Morgan fingerprint density at radius 3 is 2.29 bits per heavy atom. The molecule has 2 aliphatic heterocycles. The molecule has 0 unspecified atom stereocenters. The maximum atomic E-state index is 12.5. The van der Waals surface area contributed by atoms with Gasteiger partial charge in [-0.3, -0.25) is 9.79 Å². The predicted octanol–water partition coefficient (Wildman–Crippen LogP) is 1.70. The van der Waals surface area contributed by atoms with Crippen LogP contribution in [0.4, 0.5) is 13.2 Å². The number of aliphatic imine (C=N–C) groups is 1. The van der Waals surface area contributed by atoms with Crippen molar-refractivity contribution in [3.05, 3.63) is 35.4 Å². The van der Waals surface area contributed by atoms with Gasteiger partial charge in [0.25, 0.3) is 5.91 Å². The molecule has 1 amide bonds. The topological polar surface area (TPSA) is 53.5 Å². The fourth-order valence-corrected chi connectivity index (χ4v) is 2.65. The summed E-state index contributed by atoms with van der Waals surface area (Å²) in [7, 11) is 0. The van der Waals surface area contributed by atoms with E-state index >= 15 is 0 Å². The summed E-state index contributed by atoms with van der Waals surface area (Å²) >= 11 is 0. The lowest BCUT2D eigenvalue weighted by atomic mass is 9.89. The normalized spacial score (nSPS) is 21.3. The molecule has 3 rings (SSSR count). The van der Waals surface area contributed by atoms with E-state index in [0.717, 1.165) is 12.1 Å². The zero-order chi connectivity index (χ0) is 15.1. The minimum Gasteiger partial charge on any atom is -0.317 e. The third-order valence-electron chi connectivity index (χ3n) is 3.90. The molecule has 1 saturated heterocycles. The third-order valence-corrected chi connectivity index (χ3v) is 3.90. The van der Waals surface area contributed by atoms with Gasteiger partial charge in [-0.2, -0.15) is 13.2 Å². The van der Waals surface area contributed by atoms with E-state index in [1.165, 1.54) is 12.1 Å². The quantitative estimate of drug-likeness (QED) is 0.829. The standard InChI is InChI=1S/C14H14F3N3O/c15-14(16,17)10-3-1-9(2-4-10)11-19-12(21)13(20-11)5-7-18-8-6-13/h1-4,18H,5-8H2,(H,19,20,21). The van der Waals surface area contributed by atoms with E-state index in [-0.39, 0.29) is 5.91 Å². The number of hydrogen-bond donors (Lipinski definition) is 2. The molecule has 1 aromatic rings. The van der Waals surface area contributed by atoms with Gasteiger partial charge in [-0.05, 0) is 38.1 Å². The minimum atomic E-state index is -4.37. The molecule has 0 atom stereocenters. The molecule has 0 radical (unpaired) electrons. The van der Waals surface area contributed by atoms with Crippen molar-refractivity contribution in [2.75, 3.05) is 13.1 Å². The number of carbonyl (C=O) groups is 1. The summed E-state index contributed by atoms with van der Waals surface area (Å²) in [5.41, 5.74) is -0.983. The van der Waals surface area contributed by atoms with Crippen molar-refractivity contribution in [2.24, 2.45) is 4.99 Å². The highest BCUT2D eigenvalue weighted by Crippen LogP contribution is 2.31. The molecular weight excluding hydrogens is 283 g/mol. The average molecular weight is 297 g/mol. The zero-order valence-electron chi connectivity index (χ0n) is 11.1. The van der Waals surface area contributed by atoms with Crippen LogP contribution in [0.2, 0.25) is 0 Å². The van der Waals surface area contributed by atoms with Crippen LogP contribution >= 0.6 is 0 Å². The van der Waals surface area contributed by atoms with E-state index in [1.807, 2.05) is 0 Å². The Hall–Kier alpha value is -1.89. The van der Waals surface area contributed by atoms with Gasteiger partial charge in [0.15, 0.2) is 0 Å². The number of benzene rings is 1. The number of hydrogen-bond acceptors (Lipinski definition) is 3. The van der Waals surface area contributed by atoms with Crippen LogP contribution in [-0.2, 0) is 11.0 Å². The van der Waals surface area contributed by atoms with Crippen molar-refractivity contribution in [3.63, 3.8) is 0 Å². The van der Waals surface area contributed by atoms with Gasteiger partial charge in [0.2, 0.25) is 0 Å². The molecule has 0 aromatic heterocycles. The number of halogens is 3. The number of alkyl halides is 3. The van der Waals surface area contributed by atoms with E-state index in [4.69, 9.17) is 0 Å². The first-order valence-corrected chi connectivity index (χ1v) is 6.70. The van der Waals surface area contributed by atoms with E-state index in [2.05, 4.69) is 15.6 Å². The molecule has 1 fully saturated rings. The van der Waals surface area contributed by atoms with Crippen LogP contribution < -0.4 is 10.6 Å². The lowest BCUT2D eigenvalue weighted by Crippen LogP contribution is -2.47. The van der Waals surface area contributed by atoms with Crippen molar-refractivity contribution in [2.45, 2.75) is 24.6 Å². The number of rotatable bonds is 1. The van der Waals surface area contributed by atoms with E-state index in [0.29, 0.717) is 37.3 Å². The molecule has 7 heteroatoms. The van der Waals surface area contributed by atoms with Crippen molar-refractivity contribution >= 4 is 11.7 Å². The Morgan fingerprint density at radius 1 is 1.10 bits per heavy atom. The molecule has 2 N–H and O–H groups in total. The van der Waals surface area contributed by atoms with Crippen LogP contribution in [-0.4, -0.2) is 30.4 Å². The van der Waals surface area contributed by atoms with Gasteiger partial charge < -0.3 is 10.6 Å². The lowest BCUT2D eigenvalue weighted by molar-refractivity contribution is -0.137. The monoisotopic (exact) mass is 297 g/mol. The molecule has 21 heavy (non-hydrogen) atoms. The predicted molar refractivity (Wildman–Crippen MR) is 71.0 cm³/mol. The molecular formula is C14H14F3N3O. The number of nitrogens with zero attached hydrogens (tertiary/aromatic N) is 1. The second-order valence-corrected chi connectivity index (χ2v) is 5.27. The first-order valence-electron chi connectivity index (χ1n) is 6.70. The number of carbonyl (C=O) groups excluding carboxylic acids is 1. The Kier molecular flexibility index (Phi) is 3.24. The molecule has 112 valence electrons. The summed E-state index contributed by atoms with van der Waals surface area (Å²) in [5, 5.41) is 5.85. The smallest absolute Gasteiger partial charge is 0.317 e. The van der Waals surface area contributed by atoms with Crippen molar-refractivity contribution in [1.29, 1.82) is 0 Å². The Balaban J connectivity index is 1.87. The van der Waals surface area contributed by atoms with Gasteiger partial charge in [0, 0.05) is 5.56 Å². The SMILES string of the molecule is O=C1NC(c2ccc(C(F)(F)F)cc2)=NC12CCNCC2. The lowest BCUT2D eigenvalue weighted by Gasteiger charge is -2.28. The van der Waals surface area contributed by atoms with Crippen LogP contribution in [0.1, 0.15) is 24.0 Å². The van der Waals surface area contributed by atoms with Gasteiger partial charge in [-0.1, -0.05) is 12.1 Å². The van der Waals surface area contributed by atoms with Crippen molar-refractivity contribution < 1.29 is 18.0 Å². The van der Waals surface area contributed by atoms with E-state index < -0.39 is 17.3 Å². The van der Waals surface area contributed by atoms with Crippen LogP contribution in [0.5, 0.6) is 0 Å². The van der Waals surface area contributed by atoms with Crippen LogP contribution in [0.25, 0.3) is 0 Å². The average Bonchev–Trinajstić information content (AvgIpc) is 2.76. The Morgan fingerprint density at radius 2 is 1.71 bits per heavy atom. The fourth-order valence-electron chi connectivity index (χ4n) is 2.65. The second-order valence-electron chi connectivity index (χ2n) is 5.27. The highest BCUT2D eigenvalue weighted by molar-refractivity contribution is 6.15. The molecule has 0 bridgehead atoms. The number of nitrogens with one attached hydrogen (secondary N) is 2. The number of piperidine rings is 1. The molecule has 4 nitrogen and oxygen atoms in total.